The first-order valence-electron chi connectivity index (χ1n) is 7.72. The second kappa shape index (κ2) is 6.23. The molecule has 0 N–H and O–H groups in total. The number of carbonyl (C=O) groups is 2. The topological polar surface area (TPSA) is 68.1 Å². The average molecular weight is 332 g/mol. The number of aromatic nitrogens is 3. The molecule has 2 aromatic rings. The fraction of sp³-hybridized carbons (Fsp3) is 0.500. The Morgan fingerprint density at radius 1 is 1.35 bits per heavy atom. The molecule has 1 amide bonds. The van der Waals surface area contributed by atoms with E-state index in [1.54, 1.807) is 21.9 Å². The lowest BCUT2D eigenvalue weighted by Crippen LogP contribution is -2.42. The molecule has 0 aromatic carbocycles. The van der Waals surface area contributed by atoms with E-state index in [0.717, 1.165) is 23.5 Å². The van der Waals surface area contributed by atoms with Gasteiger partial charge < -0.3 is 9.47 Å². The lowest BCUT2D eigenvalue weighted by Gasteiger charge is -2.31. The van der Waals surface area contributed by atoms with Crippen molar-refractivity contribution in [3.63, 3.8) is 0 Å². The van der Waals surface area contributed by atoms with Crippen LogP contribution in [0.4, 0.5) is 0 Å². The highest BCUT2D eigenvalue weighted by molar-refractivity contribution is 7.13. The molecule has 3 heterocycles. The average Bonchev–Trinajstić information content (AvgIpc) is 3.11. The standard InChI is InChI=1S/C16H20N4O2S/c1-10-14(23-11(2)18-10)16(22)20-7-4-5-12(9-20)13(21)15-17-6-8-19(15)3/h6,8,12H,4-5,7,9H2,1-3H3. The summed E-state index contributed by atoms with van der Waals surface area (Å²) in [6, 6.07) is 0. The molecule has 1 fully saturated rings. The Labute approximate surface area is 139 Å². The van der Waals surface area contributed by atoms with Crippen LogP contribution in [-0.2, 0) is 7.05 Å². The molecule has 0 saturated carbocycles. The monoisotopic (exact) mass is 332 g/mol. The number of likely N-dealkylation sites (tertiary alicyclic amines) is 1. The Morgan fingerprint density at radius 3 is 2.74 bits per heavy atom. The highest BCUT2D eigenvalue weighted by Gasteiger charge is 2.32. The maximum atomic E-state index is 12.7. The zero-order chi connectivity index (χ0) is 16.6. The van der Waals surface area contributed by atoms with E-state index in [-0.39, 0.29) is 17.6 Å². The number of hydrogen-bond donors (Lipinski definition) is 0. The van der Waals surface area contributed by atoms with Crippen LogP contribution in [-0.4, -0.2) is 44.2 Å². The fourth-order valence-electron chi connectivity index (χ4n) is 3.03. The first-order chi connectivity index (χ1) is 11.0. The molecule has 122 valence electrons. The van der Waals surface area contributed by atoms with Crippen molar-refractivity contribution in [2.75, 3.05) is 13.1 Å². The summed E-state index contributed by atoms with van der Waals surface area (Å²) in [5, 5.41) is 0.892. The Kier molecular flexibility index (Phi) is 4.30. The first kappa shape index (κ1) is 15.9. The third kappa shape index (κ3) is 3.06. The van der Waals surface area contributed by atoms with Gasteiger partial charge in [0.05, 0.1) is 10.7 Å². The molecule has 1 saturated heterocycles. The molecule has 0 aliphatic carbocycles. The zero-order valence-corrected chi connectivity index (χ0v) is 14.4. The van der Waals surface area contributed by atoms with Crippen LogP contribution >= 0.6 is 11.3 Å². The molecular formula is C16H20N4O2S. The molecule has 6 nitrogen and oxygen atoms in total. The molecule has 0 radical (unpaired) electrons. The van der Waals surface area contributed by atoms with Crippen molar-refractivity contribution >= 4 is 23.0 Å². The van der Waals surface area contributed by atoms with E-state index in [0.29, 0.717) is 23.8 Å². The lowest BCUT2D eigenvalue weighted by atomic mass is 9.93. The largest absolute Gasteiger partial charge is 0.337 e. The Morgan fingerprint density at radius 2 is 2.13 bits per heavy atom. The van der Waals surface area contributed by atoms with E-state index in [9.17, 15) is 9.59 Å². The molecule has 0 spiro atoms. The lowest BCUT2D eigenvalue weighted by molar-refractivity contribution is 0.0636. The van der Waals surface area contributed by atoms with Crippen molar-refractivity contribution < 1.29 is 9.59 Å². The van der Waals surface area contributed by atoms with Crippen LogP contribution in [0.25, 0.3) is 0 Å². The van der Waals surface area contributed by atoms with E-state index in [1.807, 2.05) is 20.9 Å². The molecule has 2 aromatic heterocycles. The van der Waals surface area contributed by atoms with Gasteiger partial charge in [-0.25, -0.2) is 9.97 Å². The van der Waals surface area contributed by atoms with E-state index in [1.165, 1.54) is 11.3 Å². The number of aryl methyl sites for hydroxylation is 3. The molecule has 0 bridgehead atoms. The number of ketones is 1. The van der Waals surface area contributed by atoms with Gasteiger partial charge in [0.25, 0.3) is 5.91 Å². The third-order valence-corrected chi connectivity index (χ3v) is 5.28. The number of thiazole rings is 1. The number of nitrogens with zero attached hydrogens (tertiary/aromatic N) is 4. The summed E-state index contributed by atoms with van der Waals surface area (Å²) in [7, 11) is 1.81. The van der Waals surface area contributed by atoms with Crippen molar-refractivity contribution in [2.24, 2.45) is 13.0 Å². The van der Waals surface area contributed by atoms with Gasteiger partial charge in [0, 0.05) is 38.4 Å². The fourth-order valence-corrected chi connectivity index (χ4v) is 3.92. The molecule has 1 atom stereocenters. The molecule has 1 aliphatic heterocycles. The van der Waals surface area contributed by atoms with Gasteiger partial charge in [0.1, 0.15) is 4.88 Å². The molecule has 1 aliphatic rings. The zero-order valence-electron chi connectivity index (χ0n) is 13.6. The summed E-state index contributed by atoms with van der Waals surface area (Å²) in [4.78, 5) is 36.3. The minimum atomic E-state index is -0.178. The third-order valence-electron chi connectivity index (χ3n) is 4.22. The van der Waals surface area contributed by atoms with Gasteiger partial charge in [-0.2, -0.15) is 0 Å². The second-order valence-electron chi connectivity index (χ2n) is 5.96. The Balaban J connectivity index is 1.76. The maximum Gasteiger partial charge on any atom is 0.265 e. The first-order valence-corrected chi connectivity index (χ1v) is 8.54. The summed E-state index contributed by atoms with van der Waals surface area (Å²) < 4.78 is 1.74. The summed E-state index contributed by atoms with van der Waals surface area (Å²) in [5.41, 5.74) is 0.773. The van der Waals surface area contributed by atoms with E-state index in [2.05, 4.69) is 9.97 Å². The Hall–Kier alpha value is -2.02. The van der Waals surface area contributed by atoms with Crippen LogP contribution in [0.15, 0.2) is 12.4 Å². The summed E-state index contributed by atoms with van der Waals surface area (Å²) in [5.74, 6) is 0.301. The maximum absolute atomic E-state index is 12.7. The van der Waals surface area contributed by atoms with Crippen LogP contribution in [0.3, 0.4) is 0 Å². The normalized spacial score (nSPS) is 18.2. The van der Waals surface area contributed by atoms with Gasteiger partial charge >= 0.3 is 0 Å². The number of amides is 1. The highest BCUT2D eigenvalue weighted by Crippen LogP contribution is 2.25. The van der Waals surface area contributed by atoms with Gasteiger partial charge in [0.15, 0.2) is 5.82 Å². The van der Waals surface area contributed by atoms with Crippen molar-refractivity contribution in [3.05, 3.63) is 33.8 Å². The number of hydrogen-bond acceptors (Lipinski definition) is 5. The highest BCUT2D eigenvalue weighted by atomic mass is 32.1. The minimum Gasteiger partial charge on any atom is -0.337 e. The van der Waals surface area contributed by atoms with Crippen LogP contribution in [0.5, 0.6) is 0 Å². The SMILES string of the molecule is Cc1nc(C)c(C(=O)N2CCCC(C(=O)c3nccn3C)C2)s1. The number of carbonyl (C=O) groups excluding carboxylic acids is 2. The van der Waals surface area contributed by atoms with Crippen LogP contribution in [0.2, 0.25) is 0 Å². The van der Waals surface area contributed by atoms with Crippen LogP contribution in [0, 0.1) is 19.8 Å². The summed E-state index contributed by atoms with van der Waals surface area (Å²) in [6.45, 7) is 4.91. The number of piperidine rings is 1. The van der Waals surface area contributed by atoms with Crippen molar-refractivity contribution in [1.82, 2.24) is 19.4 Å². The molecule has 23 heavy (non-hydrogen) atoms. The van der Waals surface area contributed by atoms with Gasteiger partial charge in [-0.15, -0.1) is 11.3 Å². The van der Waals surface area contributed by atoms with Gasteiger partial charge in [-0.05, 0) is 26.7 Å². The summed E-state index contributed by atoms with van der Waals surface area (Å²) in [6.07, 6.45) is 5.03. The van der Waals surface area contributed by atoms with E-state index < -0.39 is 0 Å². The van der Waals surface area contributed by atoms with Crippen molar-refractivity contribution in [2.45, 2.75) is 26.7 Å². The molecule has 1 unspecified atom stereocenters. The van der Waals surface area contributed by atoms with Crippen LogP contribution < -0.4 is 0 Å². The molecule has 7 heteroatoms. The van der Waals surface area contributed by atoms with Gasteiger partial charge in [-0.3, -0.25) is 9.59 Å². The van der Waals surface area contributed by atoms with Gasteiger partial charge in [0.2, 0.25) is 5.78 Å². The van der Waals surface area contributed by atoms with Gasteiger partial charge in [-0.1, -0.05) is 0 Å². The Bertz CT molecular complexity index is 749. The number of rotatable bonds is 3. The number of Topliss-reactive ketones (excluding diaryl/α,β-unsaturated/α-hetero) is 1. The van der Waals surface area contributed by atoms with E-state index in [4.69, 9.17) is 0 Å². The predicted octanol–water partition coefficient (Wildman–Crippen LogP) is 2.23. The second-order valence-corrected chi connectivity index (χ2v) is 7.17. The van der Waals surface area contributed by atoms with E-state index >= 15 is 0 Å². The summed E-state index contributed by atoms with van der Waals surface area (Å²) >= 11 is 1.42. The van der Waals surface area contributed by atoms with Crippen molar-refractivity contribution in [1.29, 1.82) is 0 Å². The van der Waals surface area contributed by atoms with Crippen molar-refractivity contribution in [3.8, 4) is 0 Å². The predicted molar refractivity (Wildman–Crippen MR) is 87.8 cm³/mol. The smallest absolute Gasteiger partial charge is 0.265 e. The van der Waals surface area contributed by atoms with Crippen LogP contribution in [0.1, 0.15) is 43.8 Å². The minimum absolute atomic E-state index is 0.00885. The number of imidazole rings is 1. The molecule has 3 rings (SSSR count). The molecular weight excluding hydrogens is 312 g/mol. The quantitative estimate of drug-likeness (QED) is 0.808.